The molecule has 0 aliphatic heterocycles. The number of carbonyl (C=O) groups excluding carboxylic acids is 2. The quantitative estimate of drug-likeness (QED) is 0.370. The van der Waals surface area contributed by atoms with Crippen molar-refractivity contribution >= 4 is 12.6 Å². The molecule has 6 nitrogen and oxygen atoms in total. The predicted molar refractivity (Wildman–Crippen MR) is 134 cm³/mol. The maximum atomic E-state index is 11.8. The van der Waals surface area contributed by atoms with Crippen molar-refractivity contribution in [1.29, 1.82) is 0 Å². The summed E-state index contributed by atoms with van der Waals surface area (Å²) < 4.78 is 0. The molecule has 35 heavy (non-hydrogen) atoms. The summed E-state index contributed by atoms with van der Waals surface area (Å²) in [6.07, 6.45) is 4.76. The molecule has 8 atom stereocenters. The average molecular weight is 487 g/mol. The van der Waals surface area contributed by atoms with Gasteiger partial charge in [-0.2, -0.15) is 0 Å². The van der Waals surface area contributed by atoms with Crippen molar-refractivity contribution in [3.63, 3.8) is 0 Å². The van der Waals surface area contributed by atoms with Crippen LogP contribution in [0.5, 0.6) is 17.2 Å². The summed E-state index contributed by atoms with van der Waals surface area (Å²) in [4.78, 5) is 23.6. The van der Waals surface area contributed by atoms with Gasteiger partial charge in [0.15, 0.2) is 12.6 Å². The van der Waals surface area contributed by atoms with Crippen LogP contribution in [0.2, 0.25) is 0 Å². The van der Waals surface area contributed by atoms with Crippen LogP contribution in [-0.4, -0.2) is 39.1 Å². The van der Waals surface area contributed by atoms with E-state index < -0.39 is 23.4 Å². The van der Waals surface area contributed by atoms with E-state index >= 15 is 0 Å². The molecule has 0 heterocycles. The second-order valence-corrected chi connectivity index (χ2v) is 12.9. The van der Waals surface area contributed by atoms with Crippen molar-refractivity contribution in [2.24, 2.45) is 46.3 Å². The van der Waals surface area contributed by atoms with Gasteiger partial charge in [0.2, 0.25) is 0 Å². The van der Waals surface area contributed by atoms with Gasteiger partial charge in [0.05, 0.1) is 17.2 Å². The molecule has 3 aliphatic rings. The van der Waals surface area contributed by atoms with E-state index in [1.54, 1.807) is 0 Å². The number of fused-ring (bicyclic) bond motifs is 3. The number of phenols is 3. The molecular weight excluding hydrogens is 444 g/mol. The van der Waals surface area contributed by atoms with Crippen molar-refractivity contribution in [2.45, 2.75) is 85.7 Å². The zero-order valence-corrected chi connectivity index (χ0v) is 21.9. The summed E-state index contributed by atoms with van der Waals surface area (Å²) in [5.74, 6) is 0.192. The van der Waals surface area contributed by atoms with Gasteiger partial charge in [-0.25, -0.2) is 0 Å². The fourth-order valence-corrected chi connectivity index (χ4v) is 8.70. The third-order valence-corrected chi connectivity index (χ3v) is 10.4. The number of aliphatic hydroxyl groups excluding tert-OH is 1. The van der Waals surface area contributed by atoms with Crippen molar-refractivity contribution in [2.75, 3.05) is 0 Å². The van der Waals surface area contributed by atoms with E-state index in [-0.39, 0.29) is 51.2 Å². The van der Waals surface area contributed by atoms with Gasteiger partial charge in [0.1, 0.15) is 17.2 Å². The molecular formula is C29H42O6. The maximum absolute atomic E-state index is 11.8. The van der Waals surface area contributed by atoms with Crippen LogP contribution in [0.1, 0.15) is 106 Å². The highest BCUT2D eigenvalue weighted by molar-refractivity contribution is 5.95. The molecule has 0 radical (unpaired) electrons. The molecule has 6 heteroatoms. The largest absolute Gasteiger partial charge is 0.507 e. The second-order valence-electron chi connectivity index (χ2n) is 12.9. The molecule has 0 spiro atoms. The minimum absolute atomic E-state index is 0.0857. The Balaban J connectivity index is 1.89. The fraction of sp³-hybridized carbons (Fsp3) is 0.724. The van der Waals surface area contributed by atoms with Crippen LogP contribution in [-0.2, 0) is 0 Å². The maximum Gasteiger partial charge on any atom is 0.157 e. The Hall–Kier alpha value is -2.08. The minimum atomic E-state index is -0.681. The lowest BCUT2D eigenvalue weighted by atomic mass is 9.48. The molecule has 0 aromatic heterocycles. The van der Waals surface area contributed by atoms with Gasteiger partial charge in [-0.15, -0.1) is 0 Å². The van der Waals surface area contributed by atoms with Gasteiger partial charge in [-0.3, -0.25) is 9.59 Å². The molecule has 0 bridgehead atoms. The minimum Gasteiger partial charge on any atom is -0.507 e. The average Bonchev–Trinajstić information content (AvgIpc) is 3.32. The first-order valence-electron chi connectivity index (χ1n) is 13.2. The molecule has 0 amide bonds. The Morgan fingerprint density at radius 3 is 1.94 bits per heavy atom. The molecule has 3 aliphatic carbocycles. The fourth-order valence-electron chi connectivity index (χ4n) is 8.70. The third-order valence-electron chi connectivity index (χ3n) is 10.4. The number of carbonyl (C=O) groups is 2. The SMILES string of the molecule is CC(C)C[C@@H](c1c(O)c(C=O)c(O)c(C=O)c1O)[C@@H]1CCC(C(C)O)[C@@H]2[C@@H]3C(CC[C@]21C)C3(C)C. The number of aldehydes is 2. The molecule has 194 valence electrons. The van der Waals surface area contributed by atoms with E-state index in [4.69, 9.17) is 0 Å². The van der Waals surface area contributed by atoms with Crippen molar-refractivity contribution in [3.8, 4) is 17.2 Å². The first kappa shape index (κ1) is 26.0. The van der Waals surface area contributed by atoms with Crippen LogP contribution in [0.3, 0.4) is 0 Å². The van der Waals surface area contributed by atoms with E-state index in [9.17, 15) is 30.0 Å². The zero-order chi connectivity index (χ0) is 26.0. The Labute approximate surface area is 208 Å². The molecule has 3 fully saturated rings. The Morgan fingerprint density at radius 1 is 0.886 bits per heavy atom. The van der Waals surface area contributed by atoms with Crippen LogP contribution in [0.4, 0.5) is 0 Å². The number of aliphatic hydroxyl groups is 1. The Kier molecular flexibility index (Phi) is 6.53. The molecule has 4 rings (SSSR count). The molecule has 1 aromatic carbocycles. The zero-order valence-electron chi connectivity index (χ0n) is 21.9. The second kappa shape index (κ2) is 8.79. The summed E-state index contributed by atoms with van der Waals surface area (Å²) >= 11 is 0. The van der Waals surface area contributed by atoms with E-state index in [0.29, 0.717) is 36.7 Å². The summed E-state index contributed by atoms with van der Waals surface area (Å²) in [6, 6.07) is 0. The van der Waals surface area contributed by atoms with Gasteiger partial charge < -0.3 is 20.4 Å². The van der Waals surface area contributed by atoms with Gasteiger partial charge in [0, 0.05) is 5.56 Å². The highest BCUT2D eigenvalue weighted by Gasteiger charge is 2.70. The number of hydrogen-bond donors (Lipinski definition) is 4. The summed E-state index contributed by atoms with van der Waals surface area (Å²) in [6.45, 7) is 13.1. The third kappa shape index (κ3) is 3.78. The lowest BCUT2D eigenvalue weighted by Gasteiger charge is -2.57. The van der Waals surface area contributed by atoms with Crippen molar-refractivity contribution in [1.82, 2.24) is 0 Å². The van der Waals surface area contributed by atoms with Crippen LogP contribution in [0.15, 0.2) is 0 Å². The normalized spacial score (nSPS) is 35.0. The van der Waals surface area contributed by atoms with Crippen molar-refractivity contribution < 1.29 is 30.0 Å². The highest BCUT2D eigenvalue weighted by Crippen LogP contribution is 2.76. The van der Waals surface area contributed by atoms with E-state index in [2.05, 4.69) is 34.6 Å². The van der Waals surface area contributed by atoms with Crippen LogP contribution < -0.4 is 0 Å². The monoisotopic (exact) mass is 486 g/mol. The number of benzene rings is 1. The smallest absolute Gasteiger partial charge is 0.157 e. The lowest BCUT2D eigenvalue weighted by Crippen LogP contribution is -2.51. The van der Waals surface area contributed by atoms with E-state index in [1.165, 1.54) is 0 Å². The highest BCUT2D eigenvalue weighted by atomic mass is 16.3. The summed E-state index contributed by atoms with van der Waals surface area (Å²) in [7, 11) is 0. The summed E-state index contributed by atoms with van der Waals surface area (Å²) in [5.41, 5.74) is -0.379. The number of rotatable bonds is 7. The topological polar surface area (TPSA) is 115 Å². The summed E-state index contributed by atoms with van der Waals surface area (Å²) in [5, 5.41) is 43.4. The molecule has 0 saturated heterocycles. The van der Waals surface area contributed by atoms with Gasteiger partial charge >= 0.3 is 0 Å². The number of aromatic hydroxyl groups is 3. The predicted octanol–water partition coefficient (Wildman–Crippen LogP) is 5.65. The van der Waals surface area contributed by atoms with Gasteiger partial charge in [0.25, 0.3) is 0 Å². The van der Waals surface area contributed by atoms with Crippen molar-refractivity contribution in [3.05, 3.63) is 16.7 Å². The Bertz CT molecular complexity index is 974. The van der Waals surface area contributed by atoms with E-state index in [0.717, 1.165) is 25.7 Å². The first-order chi connectivity index (χ1) is 16.3. The molecule has 3 unspecified atom stereocenters. The number of phenolic OH excluding ortho intramolecular Hbond substituents is 3. The Morgan fingerprint density at radius 2 is 1.46 bits per heavy atom. The molecule has 3 saturated carbocycles. The van der Waals surface area contributed by atoms with Gasteiger partial charge in [-0.05, 0) is 91.3 Å². The van der Waals surface area contributed by atoms with Crippen LogP contribution in [0, 0.1) is 46.3 Å². The van der Waals surface area contributed by atoms with E-state index in [1.807, 2.05) is 6.92 Å². The molecule has 4 N–H and O–H groups in total. The van der Waals surface area contributed by atoms with Crippen LogP contribution in [0.25, 0.3) is 0 Å². The number of hydrogen-bond acceptors (Lipinski definition) is 6. The lowest BCUT2D eigenvalue weighted by molar-refractivity contribution is -0.0938. The first-order valence-corrected chi connectivity index (χ1v) is 13.2. The standard InChI is InChI=1S/C29H42O6/c1-14(2)11-17(22-26(34)18(12-30)25(33)19(13-31)27(22)35)20-8-7-16(15(3)32)23-24-21(28(24,4)5)9-10-29(20,23)6/h12-17,20-21,23-24,32-35H,7-11H2,1-6H3/t15?,16?,17-,20+,21?,23-,24+,29+/m1/s1. The molecule has 1 aromatic rings. The van der Waals surface area contributed by atoms with Gasteiger partial charge in [-0.1, -0.05) is 34.6 Å². The van der Waals surface area contributed by atoms with Crippen LogP contribution >= 0.6 is 0 Å².